The topological polar surface area (TPSA) is 41.5 Å². The van der Waals surface area contributed by atoms with Gasteiger partial charge in [-0.15, -0.1) is 0 Å². The third kappa shape index (κ3) is 0.992. The van der Waals surface area contributed by atoms with Crippen LogP contribution < -0.4 is 5.32 Å². The molecule has 8 heavy (non-hydrogen) atoms. The lowest BCUT2D eigenvalue weighted by Gasteiger charge is -2.35. The third-order valence-electron chi connectivity index (χ3n) is 1.24. The second-order valence-corrected chi connectivity index (χ2v) is 1.87. The lowest BCUT2D eigenvalue weighted by Crippen LogP contribution is -2.56. The van der Waals surface area contributed by atoms with Gasteiger partial charge in [0.25, 0.3) is 0 Å². The molecular weight excluding hydrogens is 106 g/mol. The van der Waals surface area contributed by atoms with Crippen LogP contribution in [0.4, 0.5) is 0 Å². The van der Waals surface area contributed by atoms with Crippen molar-refractivity contribution in [3.63, 3.8) is 0 Å². The first-order valence-electron chi connectivity index (χ1n) is 2.89. The highest BCUT2D eigenvalue weighted by Gasteiger charge is 2.25. The Morgan fingerprint density at radius 2 is 2.25 bits per heavy atom. The van der Waals surface area contributed by atoms with Crippen LogP contribution in [0.5, 0.6) is 0 Å². The maximum Gasteiger partial charge on any atom is 0.135 e. The normalized spacial score (nSPS) is 36.8. The van der Waals surface area contributed by atoms with Gasteiger partial charge in [-0.1, -0.05) is 6.92 Å². The van der Waals surface area contributed by atoms with E-state index in [0.717, 1.165) is 6.42 Å². The van der Waals surface area contributed by atoms with Crippen LogP contribution in [0.3, 0.4) is 0 Å². The molecule has 3 heteroatoms. The van der Waals surface area contributed by atoms with Gasteiger partial charge in [0.15, 0.2) is 0 Å². The van der Waals surface area contributed by atoms with Gasteiger partial charge in [0.1, 0.15) is 12.5 Å². The van der Waals surface area contributed by atoms with Crippen molar-refractivity contribution in [3.8, 4) is 0 Å². The number of nitrogens with one attached hydrogen (secondary N) is 1. The van der Waals surface area contributed by atoms with Crippen molar-refractivity contribution < 1.29 is 9.84 Å². The number of aliphatic hydroxyl groups excluding tert-OH is 1. The van der Waals surface area contributed by atoms with E-state index in [1.807, 2.05) is 6.92 Å². The maximum atomic E-state index is 8.41. The molecule has 1 rings (SSSR count). The van der Waals surface area contributed by atoms with E-state index in [9.17, 15) is 0 Å². The summed E-state index contributed by atoms with van der Waals surface area (Å²) >= 11 is 0. The van der Waals surface area contributed by atoms with E-state index in [2.05, 4.69) is 5.32 Å². The lowest BCUT2D eigenvalue weighted by molar-refractivity contribution is -0.177. The summed E-state index contributed by atoms with van der Waals surface area (Å²) in [6.45, 7) is 2.11. The summed E-state index contributed by atoms with van der Waals surface area (Å²) in [5.74, 6) is 0. The molecule has 2 unspecified atom stereocenters. The zero-order valence-electron chi connectivity index (χ0n) is 4.92. The quantitative estimate of drug-likeness (QED) is 0.520. The largest absolute Gasteiger partial charge is 0.392 e. The van der Waals surface area contributed by atoms with Gasteiger partial charge in [-0.05, 0) is 6.42 Å². The molecule has 48 valence electrons. The van der Waals surface area contributed by atoms with Crippen LogP contribution in [0.2, 0.25) is 0 Å². The van der Waals surface area contributed by atoms with Crippen molar-refractivity contribution >= 4 is 0 Å². The molecule has 1 heterocycles. The summed E-state index contributed by atoms with van der Waals surface area (Å²) in [7, 11) is 0. The average molecular weight is 117 g/mol. The fourth-order valence-electron chi connectivity index (χ4n) is 0.722. The fraction of sp³-hybridized carbons (Fsp3) is 1.00. The summed E-state index contributed by atoms with van der Waals surface area (Å²) in [4.78, 5) is 0. The first kappa shape index (κ1) is 6.01. The Balaban J connectivity index is 2.03. The molecule has 3 nitrogen and oxygen atoms in total. The van der Waals surface area contributed by atoms with Gasteiger partial charge in [-0.3, -0.25) is 5.32 Å². The molecule has 0 aliphatic carbocycles. The van der Waals surface area contributed by atoms with E-state index in [0.29, 0.717) is 0 Å². The second kappa shape index (κ2) is 2.44. The molecule has 0 bridgehead atoms. The summed E-state index contributed by atoms with van der Waals surface area (Å²) in [5.41, 5.74) is 0. The number of rotatable bonds is 2. The smallest absolute Gasteiger partial charge is 0.135 e. The molecule has 1 saturated heterocycles. The van der Waals surface area contributed by atoms with Gasteiger partial charge < -0.3 is 9.84 Å². The third-order valence-corrected chi connectivity index (χ3v) is 1.24. The minimum absolute atomic E-state index is 0.0799. The Morgan fingerprint density at radius 3 is 2.62 bits per heavy atom. The molecule has 0 aromatic heterocycles. The van der Waals surface area contributed by atoms with E-state index < -0.39 is 0 Å². The maximum absolute atomic E-state index is 8.41. The first-order valence-corrected chi connectivity index (χ1v) is 2.89. The Morgan fingerprint density at radius 1 is 1.62 bits per heavy atom. The van der Waals surface area contributed by atoms with Crippen LogP contribution >= 0.6 is 0 Å². The molecule has 2 atom stereocenters. The van der Waals surface area contributed by atoms with Crippen LogP contribution in [0.15, 0.2) is 0 Å². The second-order valence-electron chi connectivity index (χ2n) is 1.87. The van der Waals surface area contributed by atoms with E-state index in [-0.39, 0.29) is 19.1 Å². The van der Waals surface area contributed by atoms with Crippen LogP contribution in [0.1, 0.15) is 13.3 Å². The highest BCUT2D eigenvalue weighted by molar-refractivity contribution is 4.68. The number of hydrogen-bond acceptors (Lipinski definition) is 3. The monoisotopic (exact) mass is 117 g/mol. The Kier molecular flexibility index (Phi) is 1.83. The van der Waals surface area contributed by atoms with Gasteiger partial charge in [0.05, 0.1) is 6.61 Å². The predicted molar refractivity (Wildman–Crippen MR) is 29.2 cm³/mol. The molecular formula is C5H11NO2. The van der Waals surface area contributed by atoms with E-state index >= 15 is 0 Å². The summed E-state index contributed by atoms with van der Waals surface area (Å²) in [6, 6.07) is 0. The lowest BCUT2D eigenvalue weighted by atomic mass is 10.3. The van der Waals surface area contributed by atoms with E-state index in [1.165, 1.54) is 0 Å². The SMILES string of the molecule is CCC1NC(CO)O1. The number of ether oxygens (including phenoxy) is 1. The Hall–Kier alpha value is -0.120. The van der Waals surface area contributed by atoms with Gasteiger partial charge in [-0.2, -0.15) is 0 Å². The fourth-order valence-corrected chi connectivity index (χ4v) is 0.722. The van der Waals surface area contributed by atoms with Crippen molar-refractivity contribution in [2.24, 2.45) is 0 Å². The summed E-state index contributed by atoms with van der Waals surface area (Å²) in [5, 5.41) is 11.4. The molecule has 1 aliphatic rings. The first-order chi connectivity index (χ1) is 3.86. The van der Waals surface area contributed by atoms with Gasteiger partial charge in [0.2, 0.25) is 0 Å². The minimum atomic E-state index is -0.0973. The van der Waals surface area contributed by atoms with Crippen molar-refractivity contribution in [2.75, 3.05) is 6.61 Å². The molecule has 1 fully saturated rings. The number of hydrogen-bond donors (Lipinski definition) is 2. The Labute approximate surface area is 48.7 Å². The van der Waals surface area contributed by atoms with Crippen LogP contribution in [-0.4, -0.2) is 24.2 Å². The molecule has 2 N–H and O–H groups in total. The van der Waals surface area contributed by atoms with Gasteiger partial charge in [-0.25, -0.2) is 0 Å². The standard InChI is InChI=1S/C5H11NO2/c1-2-4-6-5(3-7)8-4/h4-7H,2-3H2,1H3. The Bertz CT molecular complexity index is 62.8. The average Bonchev–Trinajstić information content (AvgIpc) is 1.65. The van der Waals surface area contributed by atoms with E-state index in [1.54, 1.807) is 0 Å². The highest BCUT2D eigenvalue weighted by atomic mass is 16.6. The molecule has 0 aromatic carbocycles. The van der Waals surface area contributed by atoms with Crippen molar-refractivity contribution in [3.05, 3.63) is 0 Å². The van der Waals surface area contributed by atoms with Crippen molar-refractivity contribution in [2.45, 2.75) is 25.8 Å². The zero-order valence-corrected chi connectivity index (χ0v) is 4.92. The van der Waals surface area contributed by atoms with Gasteiger partial charge >= 0.3 is 0 Å². The van der Waals surface area contributed by atoms with Crippen LogP contribution in [0, 0.1) is 0 Å². The van der Waals surface area contributed by atoms with Crippen molar-refractivity contribution in [1.29, 1.82) is 0 Å². The molecule has 0 amide bonds. The molecule has 0 saturated carbocycles. The number of aliphatic hydroxyl groups is 1. The molecule has 1 aliphatic heterocycles. The van der Waals surface area contributed by atoms with Crippen molar-refractivity contribution in [1.82, 2.24) is 5.32 Å². The van der Waals surface area contributed by atoms with Crippen LogP contribution in [0.25, 0.3) is 0 Å². The summed E-state index contributed by atoms with van der Waals surface area (Å²) in [6.07, 6.45) is 1.06. The minimum Gasteiger partial charge on any atom is -0.392 e. The highest BCUT2D eigenvalue weighted by Crippen LogP contribution is 2.08. The van der Waals surface area contributed by atoms with Crippen LogP contribution in [-0.2, 0) is 4.74 Å². The van der Waals surface area contributed by atoms with Gasteiger partial charge in [0, 0.05) is 0 Å². The van der Waals surface area contributed by atoms with E-state index in [4.69, 9.17) is 9.84 Å². The zero-order chi connectivity index (χ0) is 5.98. The molecule has 0 radical (unpaired) electrons. The molecule has 0 spiro atoms. The predicted octanol–water partition coefficient (Wildman–Crippen LogP) is -0.339. The summed E-state index contributed by atoms with van der Waals surface area (Å²) < 4.78 is 5.08. The molecule has 0 aromatic rings.